The molecule has 0 radical (unpaired) electrons. The van der Waals surface area contributed by atoms with Crippen LogP contribution in [-0.4, -0.2) is 10.5 Å². The van der Waals surface area contributed by atoms with Gasteiger partial charge in [0.05, 0.1) is 0 Å². The number of hydrogen-bond acceptors (Lipinski definition) is 1. The topological polar surface area (TPSA) is 0 Å². The van der Waals surface area contributed by atoms with Gasteiger partial charge in [-0.2, -0.15) is 11.8 Å². The van der Waals surface area contributed by atoms with E-state index in [2.05, 4.69) is 53.3 Å². The van der Waals surface area contributed by atoms with E-state index < -0.39 is 0 Å². The van der Waals surface area contributed by atoms with Gasteiger partial charge in [-0.15, -0.1) is 0 Å². The molecule has 11 heavy (non-hydrogen) atoms. The number of rotatable bonds is 3. The lowest BCUT2D eigenvalue weighted by Gasteiger charge is -2.22. The summed E-state index contributed by atoms with van der Waals surface area (Å²) in [6.45, 7) is 13.8. The third kappa shape index (κ3) is 6.74. The van der Waals surface area contributed by atoms with Crippen LogP contribution in [0.1, 0.15) is 41.5 Å². The molecule has 0 spiro atoms. The van der Waals surface area contributed by atoms with Gasteiger partial charge in [0.2, 0.25) is 0 Å². The van der Waals surface area contributed by atoms with Gasteiger partial charge in [0.15, 0.2) is 0 Å². The third-order valence-electron chi connectivity index (χ3n) is 1.92. The summed E-state index contributed by atoms with van der Waals surface area (Å²) in [5.41, 5.74) is 0. The summed E-state index contributed by atoms with van der Waals surface area (Å²) in [5.74, 6) is 2.96. The summed E-state index contributed by atoms with van der Waals surface area (Å²) >= 11 is 2.07. The fraction of sp³-hybridized carbons (Fsp3) is 1.00. The van der Waals surface area contributed by atoms with Crippen molar-refractivity contribution in [2.45, 2.75) is 46.3 Å². The quantitative estimate of drug-likeness (QED) is 0.627. The number of thioether (sulfide) groups is 1. The molecule has 68 valence electrons. The van der Waals surface area contributed by atoms with E-state index in [1.807, 2.05) is 0 Å². The van der Waals surface area contributed by atoms with Crippen LogP contribution in [0.4, 0.5) is 0 Å². The molecule has 0 nitrogen and oxygen atoms in total. The highest BCUT2D eigenvalue weighted by molar-refractivity contribution is 8.00. The van der Waals surface area contributed by atoms with Crippen LogP contribution in [0.15, 0.2) is 0 Å². The fourth-order valence-corrected chi connectivity index (χ4v) is 1.72. The summed E-state index contributed by atoms with van der Waals surface area (Å²) in [7, 11) is 0. The lowest BCUT2D eigenvalue weighted by molar-refractivity contribution is 0.463. The maximum absolute atomic E-state index is 2.34. The van der Waals surface area contributed by atoms with Crippen LogP contribution < -0.4 is 0 Å². The predicted octanol–water partition coefficient (Wildman–Crippen LogP) is 3.81. The highest BCUT2D eigenvalue weighted by Crippen LogP contribution is 2.27. The van der Waals surface area contributed by atoms with E-state index in [0.29, 0.717) is 4.75 Å². The van der Waals surface area contributed by atoms with Crippen LogP contribution in [0.3, 0.4) is 0 Å². The van der Waals surface area contributed by atoms with Crippen molar-refractivity contribution in [2.24, 2.45) is 11.8 Å². The molecule has 0 amide bonds. The van der Waals surface area contributed by atoms with Crippen molar-refractivity contribution >= 4 is 11.8 Å². The van der Waals surface area contributed by atoms with Gasteiger partial charge < -0.3 is 0 Å². The van der Waals surface area contributed by atoms with Crippen LogP contribution in [0, 0.1) is 11.8 Å². The monoisotopic (exact) mass is 174 g/mol. The minimum atomic E-state index is 0.434. The molecule has 0 aliphatic rings. The Hall–Kier alpha value is 0.350. The van der Waals surface area contributed by atoms with Crippen molar-refractivity contribution in [1.82, 2.24) is 0 Å². The second kappa shape index (κ2) is 4.39. The normalized spacial score (nSPS) is 15.5. The van der Waals surface area contributed by atoms with Crippen LogP contribution >= 0.6 is 11.8 Å². The largest absolute Gasteiger partial charge is 0.156 e. The van der Waals surface area contributed by atoms with Crippen LogP contribution in [0.5, 0.6) is 0 Å². The molecule has 0 saturated carbocycles. The molecule has 0 aromatic heterocycles. The SMILES string of the molecule is CC(C)C(C)CSC(C)(C)C. The molecule has 1 heteroatoms. The Bertz CT molecular complexity index is 99.9. The van der Waals surface area contributed by atoms with Gasteiger partial charge >= 0.3 is 0 Å². The molecule has 1 atom stereocenters. The average Bonchev–Trinajstić information content (AvgIpc) is 1.80. The van der Waals surface area contributed by atoms with E-state index >= 15 is 0 Å². The van der Waals surface area contributed by atoms with E-state index in [1.54, 1.807) is 0 Å². The number of hydrogen-bond donors (Lipinski definition) is 0. The first-order valence-electron chi connectivity index (χ1n) is 4.47. The summed E-state index contributed by atoms with van der Waals surface area (Å²) in [6.07, 6.45) is 0. The van der Waals surface area contributed by atoms with E-state index in [9.17, 15) is 0 Å². The zero-order valence-corrected chi connectivity index (χ0v) is 9.59. The molecular weight excluding hydrogens is 152 g/mol. The minimum Gasteiger partial charge on any atom is -0.156 e. The molecule has 0 rings (SSSR count). The smallest absolute Gasteiger partial charge is 0.00751 e. The van der Waals surface area contributed by atoms with Gasteiger partial charge in [-0.3, -0.25) is 0 Å². The molecule has 0 bridgehead atoms. The van der Waals surface area contributed by atoms with E-state index in [1.165, 1.54) is 5.75 Å². The maximum Gasteiger partial charge on any atom is 0.00751 e. The second-order valence-corrected chi connectivity index (χ2v) is 6.49. The van der Waals surface area contributed by atoms with Gasteiger partial charge in [-0.05, 0) is 17.6 Å². The molecule has 0 heterocycles. The first-order valence-corrected chi connectivity index (χ1v) is 5.45. The molecule has 0 aliphatic carbocycles. The first-order chi connectivity index (χ1) is 4.83. The minimum absolute atomic E-state index is 0.434. The lowest BCUT2D eigenvalue weighted by atomic mass is 10.0. The van der Waals surface area contributed by atoms with Crippen molar-refractivity contribution in [1.29, 1.82) is 0 Å². The Labute approximate surface area is 76.1 Å². The highest BCUT2D eigenvalue weighted by Gasteiger charge is 2.14. The van der Waals surface area contributed by atoms with Crippen LogP contribution in [0.2, 0.25) is 0 Å². The Kier molecular flexibility index (Phi) is 4.53. The second-order valence-electron chi connectivity index (χ2n) is 4.64. The molecule has 0 aromatic rings. The summed E-state index contributed by atoms with van der Waals surface area (Å²) < 4.78 is 0.434. The Morgan fingerprint density at radius 2 is 1.55 bits per heavy atom. The molecular formula is C10H22S. The van der Waals surface area contributed by atoms with Crippen molar-refractivity contribution in [2.75, 3.05) is 5.75 Å². The van der Waals surface area contributed by atoms with Gasteiger partial charge in [0.25, 0.3) is 0 Å². The van der Waals surface area contributed by atoms with E-state index in [4.69, 9.17) is 0 Å². The molecule has 0 N–H and O–H groups in total. The third-order valence-corrected chi connectivity index (χ3v) is 3.48. The predicted molar refractivity (Wildman–Crippen MR) is 56.2 cm³/mol. The molecule has 0 saturated heterocycles. The van der Waals surface area contributed by atoms with Crippen LogP contribution in [0.25, 0.3) is 0 Å². The van der Waals surface area contributed by atoms with Gasteiger partial charge in [0.1, 0.15) is 0 Å². The molecule has 0 aliphatic heterocycles. The van der Waals surface area contributed by atoms with Crippen molar-refractivity contribution < 1.29 is 0 Å². The molecule has 0 aromatic carbocycles. The summed E-state index contributed by atoms with van der Waals surface area (Å²) in [5, 5.41) is 0. The van der Waals surface area contributed by atoms with Crippen molar-refractivity contribution in [3.63, 3.8) is 0 Å². The van der Waals surface area contributed by atoms with Crippen LogP contribution in [-0.2, 0) is 0 Å². The van der Waals surface area contributed by atoms with Gasteiger partial charge in [-0.1, -0.05) is 41.5 Å². The molecule has 1 unspecified atom stereocenters. The fourth-order valence-electron chi connectivity index (χ4n) is 0.574. The van der Waals surface area contributed by atoms with Gasteiger partial charge in [0, 0.05) is 4.75 Å². The highest BCUT2D eigenvalue weighted by atomic mass is 32.2. The summed E-state index contributed by atoms with van der Waals surface area (Å²) in [4.78, 5) is 0. The Morgan fingerprint density at radius 3 is 1.82 bits per heavy atom. The van der Waals surface area contributed by atoms with Crippen molar-refractivity contribution in [3.05, 3.63) is 0 Å². The van der Waals surface area contributed by atoms with E-state index in [-0.39, 0.29) is 0 Å². The standard InChI is InChI=1S/C10H22S/c1-8(2)9(3)7-11-10(4,5)6/h8-9H,7H2,1-6H3. The van der Waals surface area contributed by atoms with E-state index in [0.717, 1.165) is 11.8 Å². The summed E-state index contributed by atoms with van der Waals surface area (Å²) in [6, 6.07) is 0. The average molecular weight is 174 g/mol. The lowest BCUT2D eigenvalue weighted by Crippen LogP contribution is -2.14. The Morgan fingerprint density at radius 1 is 1.09 bits per heavy atom. The zero-order valence-electron chi connectivity index (χ0n) is 8.77. The van der Waals surface area contributed by atoms with Gasteiger partial charge in [-0.25, -0.2) is 0 Å². The first kappa shape index (κ1) is 11.4. The maximum atomic E-state index is 2.34. The zero-order chi connectivity index (χ0) is 9.07. The van der Waals surface area contributed by atoms with Crippen molar-refractivity contribution in [3.8, 4) is 0 Å². The Balaban J connectivity index is 3.54. The molecule has 0 fully saturated rings.